The summed E-state index contributed by atoms with van der Waals surface area (Å²) in [5.74, 6) is 2.35. The molecule has 44 heavy (non-hydrogen) atoms. The van der Waals surface area contributed by atoms with E-state index in [1.807, 2.05) is 68.4 Å². The van der Waals surface area contributed by atoms with Crippen LogP contribution in [0.5, 0.6) is 11.5 Å². The molecular formula is C34H29Br2I2N3O3. The van der Waals surface area contributed by atoms with Crippen LogP contribution in [0.25, 0.3) is 22.3 Å². The quantitative estimate of drug-likeness (QED) is 0.109. The summed E-state index contributed by atoms with van der Waals surface area (Å²) in [6, 6.07) is 21.5. The summed E-state index contributed by atoms with van der Waals surface area (Å²) in [5, 5.41) is 5.24. The Hall–Kier alpha value is -2.29. The minimum Gasteiger partial charge on any atom is -0.494 e. The summed E-state index contributed by atoms with van der Waals surface area (Å²) >= 11 is 11.7. The van der Waals surface area contributed by atoms with Crippen molar-refractivity contribution in [2.75, 3.05) is 6.61 Å². The Bertz CT molecular complexity index is 1930. The zero-order chi connectivity index (χ0) is 31.5. The monoisotopic (exact) mass is 939 g/mol. The van der Waals surface area contributed by atoms with Crippen LogP contribution in [0, 0.1) is 14.1 Å². The zero-order valence-corrected chi connectivity index (χ0v) is 32.0. The molecule has 0 amide bonds. The Morgan fingerprint density at radius 2 is 1.73 bits per heavy atom. The molecule has 0 aliphatic heterocycles. The molecule has 1 heterocycles. The van der Waals surface area contributed by atoms with Gasteiger partial charge in [0.25, 0.3) is 5.56 Å². The summed E-state index contributed by atoms with van der Waals surface area (Å²) in [4.78, 5) is 18.8. The number of hydrogen-bond donors (Lipinski definition) is 0. The van der Waals surface area contributed by atoms with Gasteiger partial charge in [-0.1, -0.05) is 63.9 Å². The third-order valence-corrected chi connectivity index (χ3v) is 9.84. The molecule has 0 aliphatic carbocycles. The Balaban J connectivity index is 1.56. The van der Waals surface area contributed by atoms with Crippen LogP contribution in [0.2, 0.25) is 0 Å². The highest BCUT2D eigenvalue weighted by Gasteiger charge is 2.19. The molecule has 5 rings (SSSR count). The third-order valence-electron chi connectivity index (χ3n) is 7.00. The van der Waals surface area contributed by atoms with E-state index >= 15 is 0 Å². The lowest BCUT2D eigenvalue weighted by Gasteiger charge is -2.18. The van der Waals surface area contributed by atoms with Gasteiger partial charge in [0.15, 0.2) is 5.82 Å². The molecule has 0 saturated carbocycles. The predicted octanol–water partition coefficient (Wildman–Crippen LogP) is 10.1. The first-order valence-electron chi connectivity index (χ1n) is 14.0. The molecule has 226 valence electrons. The second-order valence-corrected chi connectivity index (χ2v) is 14.5. The van der Waals surface area contributed by atoms with Gasteiger partial charge in [-0.15, -0.1) is 0 Å². The van der Waals surface area contributed by atoms with Gasteiger partial charge in [-0.2, -0.15) is 9.78 Å². The number of hydrogen-bond acceptors (Lipinski definition) is 5. The first-order chi connectivity index (χ1) is 21.1. The van der Waals surface area contributed by atoms with Crippen LogP contribution in [0.3, 0.4) is 0 Å². The molecule has 0 aliphatic rings. The van der Waals surface area contributed by atoms with E-state index in [1.165, 1.54) is 4.68 Å². The van der Waals surface area contributed by atoms with Crippen LogP contribution >= 0.6 is 77.0 Å². The Kier molecular flexibility index (Phi) is 10.8. The van der Waals surface area contributed by atoms with E-state index < -0.39 is 0 Å². The fraction of sp³-hybridized carbons (Fsp3) is 0.206. The van der Waals surface area contributed by atoms with Crippen molar-refractivity contribution in [3.63, 3.8) is 0 Å². The first-order valence-corrected chi connectivity index (χ1v) is 17.7. The van der Waals surface area contributed by atoms with Crippen molar-refractivity contribution in [1.29, 1.82) is 0 Å². The third kappa shape index (κ3) is 7.23. The molecule has 0 spiro atoms. The van der Waals surface area contributed by atoms with Crippen molar-refractivity contribution in [2.45, 2.75) is 40.2 Å². The number of halogens is 4. The Morgan fingerprint density at radius 3 is 2.41 bits per heavy atom. The standard InChI is InChI=1S/C34H29Br2I2N3O3/c1-5-43-31-12-20(4)26(16-25(31)19(2)3)33-40-30-9-7-6-8-24(30)34(42)41(33)39-17-21-13-28(37)32(29(38)14-21)44-18-22-10-11-23(35)15-27(22)36/h6-17,19H,5,18H2,1-4H3. The van der Waals surface area contributed by atoms with Crippen molar-refractivity contribution in [2.24, 2.45) is 5.10 Å². The van der Waals surface area contributed by atoms with E-state index in [0.29, 0.717) is 29.9 Å². The van der Waals surface area contributed by atoms with E-state index in [9.17, 15) is 4.79 Å². The molecule has 0 N–H and O–H groups in total. The summed E-state index contributed by atoms with van der Waals surface area (Å²) in [6.07, 6.45) is 1.70. The lowest BCUT2D eigenvalue weighted by molar-refractivity contribution is 0.301. The molecule has 0 atom stereocenters. The molecule has 6 nitrogen and oxygen atoms in total. The van der Waals surface area contributed by atoms with Gasteiger partial charge >= 0.3 is 0 Å². The molecule has 10 heteroatoms. The van der Waals surface area contributed by atoms with Crippen molar-refractivity contribution in [3.05, 3.63) is 115 Å². The molecular weight excluding hydrogens is 912 g/mol. The highest BCUT2D eigenvalue weighted by molar-refractivity contribution is 14.1. The summed E-state index contributed by atoms with van der Waals surface area (Å²) < 4.78 is 17.5. The zero-order valence-electron chi connectivity index (χ0n) is 24.5. The number of nitrogens with zero attached hydrogens (tertiary/aromatic N) is 3. The van der Waals surface area contributed by atoms with Crippen molar-refractivity contribution in [3.8, 4) is 22.9 Å². The first kappa shape index (κ1) is 33.1. The average molecular weight is 941 g/mol. The van der Waals surface area contributed by atoms with Crippen LogP contribution < -0.4 is 15.0 Å². The molecule has 0 saturated heterocycles. The van der Waals surface area contributed by atoms with Crippen LogP contribution in [0.1, 0.15) is 48.9 Å². The minimum atomic E-state index is -0.231. The van der Waals surface area contributed by atoms with Crippen LogP contribution in [0.15, 0.2) is 85.6 Å². The van der Waals surface area contributed by atoms with Crippen molar-refractivity contribution >= 4 is 94.2 Å². The summed E-state index contributed by atoms with van der Waals surface area (Å²) in [7, 11) is 0. The maximum absolute atomic E-state index is 13.9. The Labute approximate surface area is 300 Å². The normalized spacial score (nSPS) is 11.6. The smallest absolute Gasteiger partial charge is 0.282 e. The number of aromatic nitrogens is 2. The second kappa shape index (κ2) is 14.4. The summed E-state index contributed by atoms with van der Waals surface area (Å²) in [6.45, 7) is 9.25. The van der Waals surface area contributed by atoms with Gasteiger partial charge in [-0.25, -0.2) is 4.98 Å². The van der Waals surface area contributed by atoms with E-state index in [1.54, 1.807) is 12.3 Å². The van der Waals surface area contributed by atoms with E-state index in [2.05, 4.69) is 97.0 Å². The molecule has 0 fully saturated rings. The van der Waals surface area contributed by atoms with Crippen LogP contribution in [-0.4, -0.2) is 22.5 Å². The number of rotatable bonds is 9. The maximum atomic E-state index is 13.9. The molecule has 0 radical (unpaired) electrons. The van der Waals surface area contributed by atoms with Gasteiger partial charge in [0, 0.05) is 20.1 Å². The molecule has 4 aromatic carbocycles. The SMILES string of the molecule is CCOc1cc(C)c(-c2nc3ccccc3c(=O)n2N=Cc2cc(I)c(OCc3ccc(Br)cc3Br)c(I)c2)cc1C(C)C. The molecule has 0 unspecified atom stereocenters. The van der Waals surface area contributed by atoms with Crippen molar-refractivity contribution in [1.82, 2.24) is 9.66 Å². The van der Waals surface area contributed by atoms with E-state index in [4.69, 9.17) is 19.6 Å². The minimum absolute atomic E-state index is 0.217. The number of ether oxygens (including phenoxy) is 2. The summed E-state index contributed by atoms with van der Waals surface area (Å²) in [5.41, 5.74) is 5.13. The number of para-hydroxylation sites is 1. The maximum Gasteiger partial charge on any atom is 0.282 e. The van der Waals surface area contributed by atoms with Gasteiger partial charge in [0.05, 0.1) is 30.9 Å². The van der Waals surface area contributed by atoms with E-state index in [0.717, 1.165) is 55.4 Å². The van der Waals surface area contributed by atoms with Crippen molar-refractivity contribution < 1.29 is 9.47 Å². The van der Waals surface area contributed by atoms with E-state index in [-0.39, 0.29) is 11.5 Å². The highest BCUT2D eigenvalue weighted by atomic mass is 127. The van der Waals surface area contributed by atoms with Gasteiger partial charge in [0.1, 0.15) is 18.1 Å². The van der Waals surface area contributed by atoms with Gasteiger partial charge in [-0.05, 0) is 130 Å². The molecule has 5 aromatic rings. The second-order valence-electron chi connectivity index (χ2n) is 10.4. The van der Waals surface area contributed by atoms with Crippen LogP contribution in [-0.2, 0) is 6.61 Å². The van der Waals surface area contributed by atoms with Gasteiger partial charge in [0.2, 0.25) is 0 Å². The fourth-order valence-corrected chi connectivity index (χ4v) is 8.07. The molecule has 1 aromatic heterocycles. The number of benzene rings is 4. The number of fused-ring (bicyclic) bond motifs is 1. The topological polar surface area (TPSA) is 65.7 Å². The predicted molar refractivity (Wildman–Crippen MR) is 202 cm³/mol. The largest absolute Gasteiger partial charge is 0.494 e. The lowest BCUT2D eigenvalue weighted by Crippen LogP contribution is -2.21. The van der Waals surface area contributed by atoms with Crippen LogP contribution in [0.4, 0.5) is 0 Å². The highest BCUT2D eigenvalue weighted by Crippen LogP contribution is 2.35. The Morgan fingerprint density at radius 1 is 1.00 bits per heavy atom. The molecule has 0 bridgehead atoms. The lowest BCUT2D eigenvalue weighted by atomic mass is 9.96. The average Bonchev–Trinajstić information content (AvgIpc) is 2.97. The fourth-order valence-electron chi connectivity index (χ4n) is 4.78. The van der Waals surface area contributed by atoms with Gasteiger partial charge < -0.3 is 9.47 Å². The number of aryl methyl sites for hydroxylation is 1. The van der Waals surface area contributed by atoms with Gasteiger partial charge in [-0.3, -0.25) is 4.79 Å².